The lowest BCUT2D eigenvalue weighted by Gasteiger charge is -2.26. The van der Waals surface area contributed by atoms with Crippen molar-refractivity contribution in [2.24, 2.45) is 5.73 Å². The molecule has 100 valence electrons. The smallest absolute Gasteiger partial charge is 0.122 e. The molecule has 2 aromatic rings. The second-order valence-electron chi connectivity index (χ2n) is 5.56. The molecule has 0 radical (unpaired) electrons. The molecule has 1 atom stereocenters. The number of hydrogen-bond donors (Lipinski definition) is 1. The summed E-state index contributed by atoms with van der Waals surface area (Å²) in [6.07, 6.45) is 4.29. The molecule has 0 amide bonds. The zero-order valence-electron chi connectivity index (χ0n) is 11.7. The van der Waals surface area contributed by atoms with E-state index in [1.54, 1.807) is 0 Å². The number of aromatic nitrogens is 2. The van der Waals surface area contributed by atoms with Crippen LogP contribution in [0.2, 0.25) is 0 Å². The van der Waals surface area contributed by atoms with Crippen molar-refractivity contribution in [2.75, 3.05) is 0 Å². The van der Waals surface area contributed by atoms with E-state index in [0.29, 0.717) is 12.5 Å². The second-order valence-corrected chi connectivity index (χ2v) is 5.56. The number of nitrogens with zero attached hydrogens (tertiary/aromatic N) is 2. The van der Waals surface area contributed by atoms with Crippen LogP contribution in [-0.4, -0.2) is 9.55 Å². The second kappa shape index (κ2) is 4.82. The van der Waals surface area contributed by atoms with Crippen LogP contribution in [-0.2, 0) is 19.5 Å². The first kappa shape index (κ1) is 12.4. The Labute approximate surface area is 114 Å². The molecule has 3 nitrogen and oxygen atoms in total. The van der Waals surface area contributed by atoms with E-state index in [0.717, 1.165) is 18.8 Å². The summed E-state index contributed by atoms with van der Waals surface area (Å²) < 4.78 is 2.31. The van der Waals surface area contributed by atoms with E-state index >= 15 is 0 Å². The third-order valence-electron chi connectivity index (χ3n) is 4.36. The average Bonchev–Trinajstić information content (AvgIpc) is 2.84. The van der Waals surface area contributed by atoms with Crippen LogP contribution in [0.4, 0.5) is 0 Å². The average molecular weight is 255 g/mol. The molecule has 0 aliphatic carbocycles. The Morgan fingerprint density at radius 1 is 1.32 bits per heavy atom. The molecule has 19 heavy (non-hydrogen) atoms. The minimum absolute atomic E-state index is 0.527. The molecule has 0 saturated carbocycles. The molecular formula is C16H21N3. The van der Waals surface area contributed by atoms with Crippen LogP contribution in [0.3, 0.4) is 0 Å². The van der Waals surface area contributed by atoms with Crippen LogP contribution in [0.15, 0.2) is 24.4 Å². The van der Waals surface area contributed by atoms with Crippen LogP contribution in [0.5, 0.6) is 0 Å². The molecule has 2 heterocycles. The first-order valence-electron chi connectivity index (χ1n) is 6.99. The molecule has 3 heteroatoms. The summed E-state index contributed by atoms with van der Waals surface area (Å²) in [5, 5.41) is 0. The molecule has 0 bridgehead atoms. The Hall–Kier alpha value is -1.61. The molecule has 1 aromatic carbocycles. The molecule has 1 aromatic heterocycles. The van der Waals surface area contributed by atoms with Gasteiger partial charge >= 0.3 is 0 Å². The van der Waals surface area contributed by atoms with Gasteiger partial charge in [0.15, 0.2) is 0 Å². The highest BCUT2D eigenvalue weighted by atomic mass is 15.1. The van der Waals surface area contributed by atoms with Crippen molar-refractivity contribution in [3.63, 3.8) is 0 Å². The molecular weight excluding hydrogens is 234 g/mol. The largest absolute Gasteiger partial charge is 0.330 e. The zero-order chi connectivity index (χ0) is 13.4. The fraction of sp³-hybridized carbons (Fsp3) is 0.438. The van der Waals surface area contributed by atoms with Crippen molar-refractivity contribution in [2.45, 2.75) is 45.7 Å². The van der Waals surface area contributed by atoms with Crippen molar-refractivity contribution in [1.29, 1.82) is 0 Å². The van der Waals surface area contributed by atoms with Crippen molar-refractivity contribution in [1.82, 2.24) is 9.55 Å². The summed E-state index contributed by atoms with van der Waals surface area (Å²) in [7, 11) is 0. The van der Waals surface area contributed by atoms with Crippen LogP contribution < -0.4 is 5.73 Å². The SMILES string of the molecule is Cc1ccc(C2CCc3cnc(CN)n3C2)cc1C. The van der Waals surface area contributed by atoms with E-state index in [2.05, 4.69) is 41.6 Å². The van der Waals surface area contributed by atoms with Gasteiger partial charge in [0.1, 0.15) is 5.82 Å². The van der Waals surface area contributed by atoms with Crippen molar-refractivity contribution in [3.8, 4) is 0 Å². The van der Waals surface area contributed by atoms with Gasteiger partial charge in [-0.05, 0) is 43.4 Å². The number of imidazole rings is 1. The van der Waals surface area contributed by atoms with Crippen molar-refractivity contribution in [3.05, 3.63) is 52.6 Å². The highest BCUT2D eigenvalue weighted by Gasteiger charge is 2.22. The molecule has 3 rings (SSSR count). The van der Waals surface area contributed by atoms with E-state index in [-0.39, 0.29) is 0 Å². The van der Waals surface area contributed by atoms with Crippen LogP contribution >= 0.6 is 0 Å². The molecule has 0 spiro atoms. The number of nitrogens with two attached hydrogens (primary N) is 1. The maximum Gasteiger partial charge on any atom is 0.122 e. The number of aryl methyl sites for hydroxylation is 3. The fourth-order valence-corrected chi connectivity index (χ4v) is 2.96. The summed E-state index contributed by atoms with van der Waals surface area (Å²) in [4.78, 5) is 4.41. The lowest BCUT2D eigenvalue weighted by Crippen LogP contribution is -2.21. The van der Waals surface area contributed by atoms with E-state index in [1.165, 1.54) is 28.8 Å². The minimum Gasteiger partial charge on any atom is -0.330 e. The quantitative estimate of drug-likeness (QED) is 0.896. The van der Waals surface area contributed by atoms with Gasteiger partial charge in [0, 0.05) is 24.4 Å². The van der Waals surface area contributed by atoms with Gasteiger partial charge in [-0.3, -0.25) is 0 Å². The van der Waals surface area contributed by atoms with Gasteiger partial charge < -0.3 is 10.3 Å². The Morgan fingerprint density at radius 3 is 2.89 bits per heavy atom. The molecule has 1 aliphatic heterocycles. The summed E-state index contributed by atoms with van der Waals surface area (Å²) in [5.41, 5.74) is 11.3. The first-order valence-corrected chi connectivity index (χ1v) is 6.99. The van der Waals surface area contributed by atoms with Crippen molar-refractivity contribution >= 4 is 0 Å². The van der Waals surface area contributed by atoms with E-state index < -0.39 is 0 Å². The predicted octanol–water partition coefficient (Wildman–Crippen LogP) is 2.69. The van der Waals surface area contributed by atoms with Crippen LogP contribution in [0.25, 0.3) is 0 Å². The van der Waals surface area contributed by atoms with E-state index in [1.807, 2.05) is 6.20 Å². The zero-order valence-corrected chi connectivity index (χ0v) is 11.7. The van der Waals surface area contributed by atoms with Gasteiger partial charge in [0.25, 0.3) is 0 Å². The molecule has 1 aliphatic rings. The third kappa shape index (κ3) is 2.19. The van der Waals surface area contributed by atoms with E-state index in [9.17, 15) is 0 Å². The topological polar surface area (TPSA) is 43.8 Å². The number of hydrogen-bond acceptors (Lipinski definition) is 2. The number of fused-ring (bicyclic) bond motifs is 1. The lowest BCUT2D eigenvalue weighted by molar-refractivity contribution is 0.451. The number of benzene rings is 1. The Bertz CT molecular complexity index is 585. The molecule has 2 N–H and O–H groups in total. The number of rotatable bonds is 2. The lowest BCUT2D eigenvalue weighted by atomic mass is 9.89. The van der Waals surface area contributed by atoms with Crippen LogP contribution in [0, 0.1) is 13.8 Å². The highest BCUT2D eigenvalue weighted by molar-refractivity contribution is 5.32. The maximum absolute atomic E-state index is 5.76. The Balaban J connectivity index is 1.90. The summed E-state index contributed by atoms with van der Waals surface area (Å²) >= 11 is 0. The normalized spacial score (nSPS) is 18.4. The minimum atomic E-state index is 0.527. The summed E-state index contributed by atoms with van der Waals surface area (Å²) in [6, 6.07) is 6.85. The highest BCUT2D eigenvalue weighted by Crippen LogP contribution is 2.30. The van der Waals surface area contributed by atoms with Gasteiger partial charge in [-0.1, -0.05) is 18.2 Å². The van der Waals surface area contributed by atoms with Crippen molar-refractivity contribution < 1.29 is 0 Å². The van der Waals surface area contributed by atoms with Gasteiger partial charge in [0.2, 0.25) is 0 Å². The fourth-order valence-electron chi connectivity index (χ4n) is 2.96. The van der Waals surface area contributed by atoms with E-state index in [4.69, 9.17) is 5.73 Å². The van der Waals surface area contributed by atoms with Gasteiger partial charge in [-0.2, -0.15) is 0 Å². The summed E-state index contributed by atoms with van der Waals surface area (Å²) in [5.74, 6) is 1.61. The third-order valence-corrected chi connectivity index (χ3v) is 4.36. The summed E-state index contributed by atoms with van der Waals surface area (Å²) in [6.45, 7) is 5.90. The predicted molar refractivity (Wildman–Crippen MR) is 77.1 cm³/mol. The Morgan fingerprint density at radius 2 is 2.16 bits per heavy atom. The maximum atomic E-state index is 5.76. The monoisotopic (exact) mass is 255 g/mol. The van der Waals surface area contributed by atoms with Crippen LogP contribution in [0.1, 0.15) is 40.5 Å². The molecule has 0 saturated heterocycles. The van der Waals surface area contributed by atoms with Gasteiger partial charge in [-0.25, -0.2) is 4.98 Å². The Kier molecular flexibility index (Phi) is 3.15. The first-order chi connectivity index (χ1) is 9.19. The molecule has 0 fully saturated rings. The molecule has 1 unspecified atom stereocenters. The van der Waals surface area contributed by atoms with Gasteiger partial charge in [-0.15, -0.1) is 0 Å². The van der Waals surface area contributed by atoms with Gasteiger partial charge in [0.05, 0.1) is 6.54 Å². The standard InChI is InChI=1S/C16H21N3/c1-11-3-4-13(7-12(11)2)14-5-6-15-9-18-16(8-17)19(15)10-14/h3-4,7,9,14H,5-6,8,10,17H2,1-2H3.